The van der Waals surface area contributed by atoms with E-state index in [4.69, 9.17) is 22.9 Å². The van der Waals surface area contributed by atoms with Crippen molar-refractivity contribution in [1.82, 2.24) is 0 Å². The Morgan fingerprint density at radius 1 is 0.889 bits per heavy atom. The second-order valence-corrected chi connectivity index (χ2v) is 6.28. The number of carbonyl (C=O) groups excluding carboxylic acids is 1. The van der Waals surface area contributed by atoms with E-state index < -0.39 is 11.0 Å². The Balaban J connectivity index is 2.22. The van der Waals surface area contributed by atoms with E-state index in [0.29, 0.717) is 0 Å². The van der Waals surface area contributed by atoms with E-state index in [1.54, 1.807) is 0 Å². The van der Waals surface area contributed by atoms with Crippen LogP contribution in [0, 0.1) is 5.41 Å². The molecule has 0 aromatic carbocycles. The molecule has 5 heteroatoms. The van der Waals surface area contributed by atoms with Crippen LogP contribution in [0.15, 0.2) is 0 Å². The van der Waals surface area contributed by atoms with Gasteiger partial charge in [-0.2, -0.15) is 0 Å². The fraction of sp³-hybridized carbons (Fsp3) is 0.923. The maximum Gasteiger partial charge on any atom is 0.225 e. The molecule has 0 aromatic heterocycles. The van der Waals surface area contributed by atoms with Crippen LogP contribution in [-0.2, 0) is 4.79 Å². The highest BCUT2D eigenvalue weighted by atomic mass is 16.1. The van der Waals surface area contributed by atoms with Crippen LogP contribution >= 0.6 is 0 Å². The zero-order valence-electron chi connectivity index (χ0n) is 11.0. The molecule has 0 aliphatic heterocycles. The molecule has 2 aliphatic rings. The first kappa shape index (κ1) is 13.8. The van der Waals surface area contributed by atoms with E-state index in [1.165, 1.54) is 0 Å². The standard InChI is InChI=1S/C13H26N4O/c14-9-1-5-12(6-2-9,11(16)18)13(17)7-3-10(15)4-8-13/h9-10H,1-8,14-15,17H2,(H2,16,18). The average Bonchev–Trinajstić information content (AvgIpc) is 2.34. The van der Waals surface area contributed by atoms with Gasteiger partial charge in [-0.05, 0) is 51.4 Å². The van der Waals surface area contributed by atoms with Crippen molar-refractivity contribution in [2.24, 2.45) is 28.3 Å². The molecule has 18 heavy (non-hydrogen) atoms. The topological polar surface area (TPSA) is 121 Å². The Kier molecular flexibility index (Phi) is 3.67. The number of amides is 1. The number of carbonyl (C=O) groups is 1. The van der Waals surface area contributed by atoms with Crippen molar-refractivity contribution in [2.75, 3.05) is 0 Å². The van der Waals surface area contributed by atoms with Gasteiger partial charge >= 0.3 is 0 Å². The van der Waals surface area contributed by atoms with Crippen molar-refractivity contribution < 1.29 is 4.79 Å². The molecule has 0 unspecified atom stereocenters. The van der Waals surface area contributed by atoms with Crippen LogP contribution in [0.3, 0.4) is 0 Å². The van der Waals surface area contributed by atoms with Crippen LogP contribution in [0.1, 0.15) is 51.4 Å². The Hall–Kier alpha value is -0.650. The normalized spacial score (nSPS) is 45.7. The van der Waals surface area contributed by atoms with Gasteiger partial charge in [0.15, 0.2) is 0 Å². The maximum atomic E-state index is 12.0. The fourth-order valence-corrected chi connectivity index (χ4v) is 3.76. The third-order valence-corrected chi connectivity index (χ3v) is 5.23. The van der Waals surface area contributed by atoms with Gasteiger partial charge in [-0.25, -0.2) is 0 Å². The maximum absolute atomic E-state index is 12.0. The molecule has 104 valence electrons. The smallest absolute Gasteiger partial charge is 0.225 e. The van der Waals surface area contributed by atoms with Crippen molar-refractivity contribution in [3.05, 3.63) is 0 Å². The van der Waals surface area contributed by atoms with Gasteiger partial charge in [0, 0.05) is 17.6 Å². The number of hydrogen-bond donors (Lipinski definition) is 4. The molecule has 8 N–H and O–H groups in total. The molecule has 0 saturated heterocycles. The highest BCUT2D eigenvalue weighted by Crippen LogP contribution is 2.49. The molecule has 0 spiro atoms. The SMILES string of the molecule is NC(=O)C1(C2(N)CCC(N)CC2)CCC(N)CC1. The van der Waals surface area contributed by atoms with Crippen LogP contribution in [0.4, 0.5) is 0 Å². The lowest BCUT2D eigenvalue weighted by Gasteiger charge is -2.52. The summed E-state index contributed by atoms with van der Waals surface area (Å²) in [6.07, 6.45) is 6.51. The van der Waals surface area contributed by atoms with E-state index >= 15 is 0 Å². The summed E-state index contributed by atoms with van der Waals surface area (Å²) in [5.74, 6) is -0.243. The molecule has 0 bridgehead atoms. The number of nitrogens with two attached hydrogens (primary N) is 4. The molecular weight excluding hydrogens is 228 g/mol. The fourth-order valence-electron chi connectivity index (χ4n) is 3.76. The van der Waals surface area contributed by atoms with Crippen molar-refractivity contribution in [2.45, 2.75) is 69.0 Å². The minimum Gasteiger partial charge on any atom is -0.369 e. The summed E-state index contributed by atoms with van der Waals surface area (Å²) in [5, 5.41) is 0. The number of rotatable bonds is 2. The summed E-state index contributed by atoms with van der Waals surface area (Å²) in [7, 11) is 0. The molecule has 2 rings (SSSR count). The van der Waals surface area contributed by atoms with Gasteiger partial charge in [-0.1, -0.05) is 0 Å². The Morgan fingerprint density at radius 3 is 1.67 bits per heavy atom. The van der Waals surface area contributed by atoms with Crippen molar-refractivity contribution in [3.8, 4) is 0 Å². The highest BCUT2D eigenvalue weighted by molar-refractivity contribution is 5.82. The lowest BCUT2D eigenvalue weighted by atomic mass is 9.56. The summed E-state index contributed by atoms with van der Waals surface area (Å²) >= 11 is 0. The van der Waals surface area contributed by atoms with Gasteiger partial charge in [0.1, 0.15) is 0 Å². The molecule has 2 fully saturated rings. The van der Waals surface area contributed by atoms with Crippen LogP contribution in [0.5, 0.6) is 0 Å². The van der Waals surface area contributed by atoms with Gasteiger partial charge in [0.05, 0.1) is 5.41 Å². The van der Waals surface area contributed by atoms with E-state index in [0.717, 1.165) is 51.4 Å². The van der Waals surface area contributed by atoms with E-state index in [1.807, 2.05) is 0 Å². The molecule has 0 aromatic rings. The highest BCUT2D eigenvalue weighted by Gasteiger charge is 2.54. The predicted molar refractivity (Wildman–Crippen MR) is 71.4 cm³/mol. The zero-order chi connectivity index (χ0) is 13.4. The molecule has 2 saturated carbocycles. The Labute approximate surface area is 109 Å². The van der Waals surface area contributed by atoms with Crippen molar-refractivity contribution in [3.63, 3.8) is 0 Å². The molecule has 0 radical (unpaired) electrons. The number of primary amides is 1. The molecule has 2 aliphatic carbocycles. The predicted octanol–water partition coefficient (Wildman–Crippen LogP) is -0.0418. The van der Waals surface area contributed by atoms with E-state index in [9.17, 15) is 4.79 Å². The average molecular weight is 254 g/mol. The largest absolute Gasteiger partial charge is 0.369 e. The molecule has 1 amide bonds. The Morgan fingerprint density at radius 2 is 1.28 bits per heavy atom. The lowest BCUT2D eigenvalue weighted by Crippen LogP contribution is -2.64. The van der Waals surface area contributed by atoms with Crippen molar-refractivity contribution >= 4 is 5.91 Å². The van der Waals surface area contributed by atoms with Gasteiger partial charge in [-0.15, -0.1) is 0 Å². The second-order valence-electron chi connectivity index (χ2n) is 6.28. The minimum absolute atomic E-state index is 0.187. The zero-order valence-corrected chi connectivity index (χ0v) is 11.0. The lowest BCUT2D eigenvalue weighted by molar-refractivity contribution is -0.136. The first-order chi connectivity index (χ1) is 8.40. The first-order valence-corrected chi connectivity index (χ1v) is 7.00. The van der Waals surface area contributed by atoms with Gasteiger partial charge in [0.25, 0.3) is 0 Å². The van der Waals surface area contributed by atoms with Crippen LogP contribution in [-0.4, -0.2) is 23.5 Å². The summed E-state index contributed by atoms with van der Waals surface area (Å²) < 4.78 is 0. The summed E-state index contributed by atoms with van der Waals surface area (Å²) in [4.78, 5) is 12.0. The van der Waals surface area contributed by atoms with Crippen LogP contribution in [0.25, 0.3) is 0 Å². The molecule has 0 heterocycles. The second kappa shape index (κ2) is 4.79. The quantitative estimate of drug-likeness (QED) is 0.552. The third-order valence-electron chi connectivity index (χ3n) is 5.23. The van der Waals surface area contributed by atoms with Gasteiger partial charge in [0.2, 0.25) is 5.91 Å². The molecule has 5 nitrogen and oxygen atoms in total. The summed E-state index contributed by atoms with van der Waals surface area (Å²) in [6, 6.07) is 0.407. The monoisotopic (exact) mass is 254 g/mol. The number of hydrogen-bond acceptors (Lipinski definition) is 4. The summed E-state index contributed by atoms with van der Waals surface area (Å²) in [5.41, 5.74) is 23.1. The van der Waals surface area contributed by atoms with E-state index in [2.05, 4.69) is 0 Å². The molecular formula is C13H26N4O. The van der Waals surface area contributed by atoms with Crippen LogP contribution < -0.4 is 22.9 Å². The molecule has 0 atom stereocenters. The van der Waals surface area contributed by atoms with Crippen LogP contribution in [0.2, 0.25) is 0 Å². The van der Waals surface area contributed by atoms with Gasteiger partial charge in [-0.3, -0.25) is 4.79 Å². The Bertz CT molecular complexity index is 315. The summed E-state index contributed by atoms with van der Waals surface area (Å²) in [6.45, 7) is 0. The van der Waals surface area contributed by atoms with E-state index in [-0.39, 0.29) is 18.0 Å². The third kappa shape index (κ3) is 2.15. The van der Waals surface area contributed by atoms with Crippen molar-refractivity contribution in [1.29, 1.82) is 0 Å². The first-order valence-electron chi connectivity index (χ1n) is 7.00. The van der Waals surface area contributed by atoms with Gasteiger partial charge < -0.3 is 22.9 Å². The minimum atomic E-state index is -0.566.